The summed E-state index contributed by atoms with van der Waals surface area (Å²) in [5.74, 6) is -2.59. The number of hydrogen-bond donors (Lipinski definition) is 3. The quantitative estimate of drug-likeness (QED) is 0.130. The van der Waals surface area contributed by atoms with E-state index in [-0.39, 0.29) is 41.2 Å². The lowest BCUT2D eigenvalue weighted by Gasteiger charge is -2.49. The Balaban J connectivity index is 1.66. The number of carbonyl (C=O) groups is 4. The molecule has 1 aromatic rings. The van der Waals surface area contributed by atoms with Crippen molar-refractivity contribution in [1.82, 2.24) is 15.2 Å². The van der Waals surface area contributed by atoms with Crippen LogP contribution in [-0.4, -0.2) is 73.8 Å². The number of aromatic nitrogens is 1. The fourth-order valence-corrected chi connectivity index (χ4v) is 5.28. The number of nitrogens with one attached hydrogen (secondary N) is 1. The summed E-state index contributed by atoms with van der Waals surface area (Å²) in [6.07, 6.45) is 1.82. The number of β-lactam (4-membered cyclic amide) rings is 1. The number of carbonyl (C=O) groups excluding carboxylic acids is 3. The summed E-state index contributed by atoms with van der Waals surface area (Å²) in [5.41, 5.74) is 5.34. The molecule has 1 aromatic heterocycles. The first-order chi connectivity index (χ1) is 16.9. The third kappa shape index (κ3) is 6.23. The Bertz CT molecular complexity index is 1140. The van der Waals surface area contributed by atoms with E-state index in [4.69, 9.17) is 15.3 Å². The van der Waals surface area contributed by atoms with Crippen LogP contribution in [0.1, 0.15) is 39.3 Å². The highest BCUT2D eigenvalue weighted by Gasteiger charge is 2.54. The van der Waals surface area contributed by atoms with Gasteiger partial charge in [0.1, 0.15) is 35.0 Å². The van der Waals surface area contributed by atoms with Gasteiger partial charge in [0.2, 0.25) is 0 Å². The number of aliphatic carboxylic acids is 1. The number of thiazole rings is 1. The lowest BCUT2D eigenvalue weighted by Crippen LogP contribution is -2.71. The number of oxime groups is 1. The summed E-state index contributed by atoms with van der Waals surface area (Å²) in [4.78, 5) is 59.8. The van der Waals surface area contributed by atoms with E-state index in [2.05, 4.69) is 22.0 Å². The predicted octanol–water partition coefficient (Wildman–Crippen LogP) is 1.49. The molecule has 3 rings (SSSR count). The van der Waals surface area contributed by atoms with Crippen LogP contribution in [0.2, 0.25) is 0 Å². The van der Waals surface area contributed by atoms with E-state index in [1.165, 1.54) is 23.2 Å². The molecule has 2 amide bonds. The molecule has 2 aliphatic heterocycles. The number of thioether (sulfide) groups is 1. The molecule has 194 valence electrons. The van der Waals surface area contributed by atoms with Gasteiger partial charge in [-0.2, -0.15) is 0 Å². The molecule has 12 nitrogen and oxygen atoms in total. The number of nitrogen functional groups attached to an aromatic ring is 1. The zero-order chi connectivity index (χ0) is 26.6. The molecule has 14 heteroatoms. The first kappa shape index (κ1) is 27.2. The van der Waals surface area contributed by atoms with Gasteiger partial charge >= 0.3 is 11.9 Å². The molecule has 1 unspecified atom stereocenters. The van der Waals surface area contributed by atoms with Gasteiger partial charge in [-0.15, -0.1) is 23.1 Å². The first-order valence-electron chi connectivity index (χ1n) is 10.9. The molecule has 1 fully saturated rings. The van der Waals surface area contributed by atoms with Gasteiger partial charge in [0.15, 0.2) is 10.8 Å². The maximum Gasteiger partial charge on any atom is 0.352 e. The molecular formula is C22H27N5O7S2. The van der Waals surface area contributed by atoms with Crippen LogP contribution >= 0.6 is 23.1 Å². The largest absolute Gasteiger partial charge is 0.477 e. The van der Waals surface area contributed by atoms with Crippen LogP contribution < -0.4 is 11.1 Å². The highest BCUT2D eigenvalue weighted by atomic mass is 32.2. The molecule has 0 aromatic carbocycles. The highest BCUT2D eigenvalue weighted by Crippen LogP contribution is 2.40. The Kier molecular flexibility index (Phi) is 8.40. The number of amides is 2. The summed E-state index contributed by atoms with van der Waals surface area (Å²) in [7, 11) is 0. The minimum atomic E-state index is -1.24. The Morgan fingerprint density at radius 1 is 1.42 bits per heavy atom. The molecule has 3 heterocycles. The highest BCUT2D eigenvalue weighted by molar-refractivity contribution is 8.00. The monoisotopic (exact) mass is 537 g/mol. The lowest BCUT2D eigenvalue weighted by molar-refractivity contribution is -0.155. The topological polar surface area (TPSA) is 174 Å². The molecule has 2 aliphatic rings. The van der Waals surface area contributed by atoms with Crippen molar-refractivity contribution in [3.8, 4) is 0 Å². The van der Waals surface area contributed by atoms with Crippen molar-refractivity contribution < 1.29 is 33.9 Å². The van der Waals surface area contributed by atoms with E-state index in [9.17, 15) is 24.3 Å². The number of nitrogens with zero attached hydrogens (tertiary/aromatic N) is 3. The number of rotatable bonds is 10. The Morgan fingerprint density at radius 3 is 2.72 bits per heavy atom. The predicted molar refractivity (Wildman–Crippen MR) is 134 cm³/mol. The van der Waals surface area contributed by atoms with Crippen molar-refractivity contribution in [3.63, 3.8) is 0 Å². The van der Waals surface area contributed by atoms with Crippen molar-refractivity contribution in [2.75, 3.05) is 18.1 Å². The van der Waals surface area contributed by atoms with Crippen LogP contribution in [0.5, 0.6) is 0 Å². The lowest BCUT2D eigenvalue weighted by atomic mass is 10.0. The second-order valence-electron chi connectivity index (χ2n) is 8.78. The van der Waals surface area contributed by atoms with Crippen LogP contribution in [0.15, 0.2) is 34.5 Å². The average molecular weight is 538 g/mol. The van der Waals surface area contributed by atoms with E-state index in [1.807, 2.05) is 0 Å². The smallest absolute Gasteiger partial charge is 0.352 e. The Morgan fingerprint density at radius 2 is 2.14 bits per heavy atom. The number of nitrogens with two attached hydrogens (primary N) is 1. The van der Waals surface area contributed by atoms with Gasteiger partial charge < -0.3 is 25.7 Å². The zero-order valence-corrected chi connectivity index (χ0v) is 21.6. The van der Waals surface area contributed by atoms with Gasteiger partial charge in [0.05, 0.1) is 0 Å². The number of allylic oxidation sites excluding steroid dienone is 1. The normalized spacial score (nSPS) is 19.8. The maximum absolute atomic E-state index is 13.0. The van der Waals surface area contributed by atoms with Crippen molar-refractivity contribution in [2.24, 2.45) is 5.16 Å². The average Bonchev–Trinajstić information content (AvgIpc) is 3.22. The molecule has 0 saturated carbocycles. The van der Waals surface area contributed by atoms with Gasteiger partial charge in [-0.25, -0.2) is 9.78 Å². The number of hydrogen-bond acceptors (Lipinski definition) is 11. The van der Waals surface area contributed by atoms with Crippen LogP contribution in [0.3, 0.4) is 0 Å². The summed E-state index contributed by atoms with van der Waals surface area (Å²) in [6, 6.07) is -0.962. The zero-order valence-electron chi connectivity index (χ0n) is 20.0. The first-order valence-corrected chi connectivity index (χ1v) is 12.8. The van der Waals surface area contributed by atoms with Crippen LogP contribution in [0, 0.1) is 0 Å². The third-order valence-electron chi connectivity index (χ3n) is 4.91. The summed E-state index contributed by atoms with van der Waals surface area (Å²) in [5, 5.41) is 17.1. The van der Waals surface area contributed by atoms with Gasteiger partial charge in [-0.1, -0.05) is 17.8 Å². The second-order valence-corrected chi connectivity index (χ2v) is 10.8. The molecule has 1 saturated heterocycles. The van der Waals surface area contributed by atoms with Crippen LogP contribution in [0.25, 0.3) is 0 Å². The van der Waals surface area contributed by atoms with E-state index in [1.54, 1.807) is 20.8 Å². The molecule has 36 heavy (non-hydrogen) atoms. The number of ether oxygens (including phenoxy) is 1. The van der Waals surface area contributed by atoms with Gasteiger partial charge in [-0.3, -0.25) is 19.3 Å². The van der Waals surface area contributed by atoms with Crippen molar-refractivity contribution in [3.05, 3.63) is 35.0 Å². The molecule has 2 atom stereocenters. The fourth-order valence-electron chi connectivity index (χ4n) is 3.39. The SMILES string of the molecule is C=CC1=C(C(=O)O)N2C(=O)C(NC(=O)/C(=N\OCCCC(=O)OC(C)(C)C)c3csc(N)n3)[C@H]2SC1. The number of anilines is 1. The van der Waals surface area contributed by atoms with Gasteiger partial charge in [0, 0.05) is 17.6 Å². The third-order valence-corrected chi connectivity index (χ3v) is 6.88. The minimum Gasteiger partial charge on any atom is -0.477 e. The summed E-state index contributed by atoms with van der Waals surface area (Å²) >= 11 is 2.41. The van der Waals surface area contributed by atoms with Crippen LogP contribution in [0.4, 0.5) is 5.13 Å². The van der Waals surface area contributed by atoms with Gasteiger partial charge in [-0.05, 0) is 32.8 Å². The molecular weight excluding hydrogens is 510 g/mol. The van der Waals surface area contributed by atoms with E-state index in [0.717, 1.165) is 16.2 Å². The van der Waals surface area contributed by atoms with Crippen molar-refractivity contribution >= 4 is 57.7 Å². The second kappa shape index (κ2) is 11.1. The number of carboxylic acid groups (broad SMARTS) is 1. The standard InChI is InChI=1S/C22H27N5O7S2/c1-5-11-9-35-19-15(18(30)27(19)16(11)20(31)32)25-17(29)14(12-10-36-21(23)24-12)26-33-8-6-7-13(28)34-22(2,3)4/h5,10,15,19H,1,6-9H2,2-4H3,(H2,23,24)(H,25,29)(H,31,32)/b26-14-/t15?,19-/m1/s1. The van der Waals surface area contributed by atoms with Crippen LogP contribution in [-0.2, 0) is 28.8 Å². The Hall–Kier alpha value is -3.39. The molecule has 0 bridgehead atoms. The number of esters is 1. The molecule has 0 spiro atoms. The number of carboxylic acids is 1. The Labute approximate surface area is 215 Å². The van der Waals surface area contributed by atoms with E-state index >= 15 is 0 Å². The minimum absolute atomic E-state index is 0.0291. The van der Waals surface area contributed by atoms with Gasteiger partial charge in [0.25, 0.3) is 11.8 Å². The molecule has 0 radical (unpaired) electrons. The van der Waals surface area contributed by atoms with E-state index in [0.29, 0.717) is 17.7 Å². The summed E-state index contributed by atoms with van der Waals surface area (Å²) < 4.78 is 5.23. The van der Waals surface area contributed by atoms with Crippen molar-refractivity contribution in [1.29, 1.82) is 0 Å². The molecule has 0 aliphatic carbocycles. The maximum atomic E-state index is 13.0. The summed E-state index contributed by atoms with van der Waals surface area (Å²) in [6.45, 7) is 8.94. The fraction of sp³-hybridized carbons (Fsp3) is 0.455. The molecule has 4 N–H and O–H groups in total. The van der Waals surface area contributed by atoms with E-state index < -0.39 is 34.8 Å². The van der Waals surface area contributed by atoms with Crippen molar-refractivity contribution in [2.45, 2.75) is 50.6 Å². The number of fused-ring (bicyclic) bond motifs is 1.